The largest absolute Gasteiger partial charge is 0.477 e. The molecular formula is C7H3N2O6. The normalized spacial score (nSPS) is 9.60. The molecule has 0 bridgehead atoms. The van der Waals surface area contributed by atoms with Crippen LogP contribution >= 0.6 is 0 Å². The molecule has 0 aliphatic heterocycles. The Morgan fingerprint density at radius 2 is 1.93 bits per heavy atom. The molecule has 1 N–H and O–H groups in total. The van der Waals surface area contributed by atoms with Crippen LogP contribution in [0, 0.1) is 26.3 Å². The Hall–Kier alpha value is -2.51. The molecule has 0 aliphatic carbocycles. The van der Waals surface area contributed by atoms with Gasteiger partial charge in [-0.2, -0.15) is 0 Å². The first-order valence-electron chi connectivity index (χ1n) is 3.52. The first-order chi connectivity index (χ1) is 6.95. The molecule has 1 rings (SSSR count). The van der Waals surface area contributed by atoms with E-state index in [1.807, 2.05) is 6.07 Å². The van der Waals surface area contributed by atoms with E-state index >= 15 is 0 Å². The van der Waals surface area contributed by atoms with E-state index in [1.54, 1.807) is 0 Å². The number of benzene rings is 1. The lowest BCUT2D eigenvalue weighted by atomic mass is 10.1. The van der Waals surface area contributed by atoms with Crippen molar-refractivity contribution in [2.45, 2.75) is 0 Å². The van der Waals surface area contributed by atoms with Gasteiger partial charge in [0.15, 0.2) is 0 Å². The van der Waals surface area contributed by atoms with Gasteiger partial charge in [-0.25, -0.2) is 4.79 Å². The highest BCUT2D eigenvalue weighted by Gasteiger charge is 2.31. The SMILES string of the molecule is O=C(O)c1cc[c]c([N+](=O)[O-])c1[N+](=O)[O-]. The van der Waals surface area contributed by atoms with Crippen LogP contribution in [0.2, 0.25) is 0 Å². The first-order valence-corrected chi connectivity index (χ1v) is 3.52. The van der Waals surface area contributed by atoms with E-state index in [0.717, 1.165) is 12.1 Å². The summed E-state index contributed by atoms with van der Waals surface area (Å²) in [5.74, 6) is -1.60. The molecular weight excluding hydrogens is 208 g/mol. The second-order valence-corrected chi connectivity index (χ2v) is 2.41. The van der Waals surface area contributed by atoms with Gasteiger partial charge in [0.05, 0.1) is 15.9 Å². The molecule has 0 saturated heterocycles. The maximum absolute atomic E-state index is 10.6. The molecule has 0 unspecified atom stereocenters. The number of nitro groups is 2. The number of rotatable bonds is 3. The molecule has 0 amide bonds. The summed E-state index contributed by atoms with van der Waals surface area (Å²) >= 11 is 0. The molecule has 1 radical (unpaired) electrons. The number of carbonyl (C=O) groups is 1. The monoisotopic (exact) mass is 211 g/mol. The van der Waals surface area contributed by atoms with Gasteiger partial charge in [-0.05, 0) is 12.1 Å². The van der Waals surface area contributed by atoms with Gasteiger partial charge >= 0.3 is 17.3 Å². The summed E-state index contributed by atoms with van der Waals surface area (Å²) < 4.78 is 0. The third-order valence-electron chi connectivity index (χ3n) is 1.55. The van der Waals surface area contributed by atoms with Crippen molar-refractivity contribution < 1.29 is 19.7 Å². The molecule has 77 valence electrons. The standard InChI is InChI=1S/C7H3N2O6/c10-7(11)4-2-1-3-5(8(12)13)6(4)9(14)15/h1-2H,(H,10,11). The molecule has 0 aliphatic rings. The Bertz CT molecular complexity index is 423. The van der Waals surface area contributed by atoms with Crippen LogP contribution in [0.4, 0.5) is 11.4 Å². The molecule has 0 saturated carbocycles. The van der Waals surface area contributed by atoms with E-state index in [2.05, 4.69) is 0 Å². The van der Waals surface area contributed by atoms with E-state index in [9.17, 15) is 25.0 Å². The first kappa shape index (κ1) is 10.6. The second-order valence-electron chi connectivity index (χ2n) is 2.41. The lowest BCUT2D eigenvalue weighted by Gasteiger charge is -1.97. The molecule has 0 atom stereocenters. The van der Waals surface area contributed by atoms with Gasteiger partial charge in [-0.3, -0.25) is 20.2 Å². The van der Waals surface area contributed by atoms with E-state index in [1.165, 1.54) is 0 Å². The summed E-state index contributed by atoms with van der Waals surface area (Å²) in [4.78, 5) is 29.2. The summed E-state index contributed by atoms with van der Waals surface area (Å²) in [7, 11) is 0. The topological polar surface area (TPSA) is 124 Å². The number of hydrogen-bond acceptors (Lipinski definition) is 5. The Kier molecular flexibility index (Phi) is 2.61. The number of aromatic carboxylic acids is 1. The Morgan fingerprint density at radius 1 is 1.33 bits per heavy atom. The van der Waals surface area contributed by atoms with Crippen molar-refractivity contribution in [1.29, 1.82) is 0 Å². The molecule has 1 aromatic rings. The number of carboxylic acid groups (broad SMARTS) is 1. The smallest absolute Gasteiger partial charge is 0.361 e. The van der Waals surface area contributed by atoms with Crippen molar-refractivity contribution >= 4 is 17.3 Å². The van der Waals surface area contributed by atoms with Crippen LogP contribution < -0.4 is 0 Å². The summed E-state index contributed by atoms with van der Waals surface area (Å²) in [6, 6.07) is 3.84. The fourth-order valence-electron chi connectivity index (χ4n) is 0.975. The summed E-state index contributed by atoms with van der Waals surface area (Å²) in [6.07, 6.45) is 0. The van der Waals surface area contributed by atoms with E-state index in [-0.39, 0.29) is 0 Å². The molecule has 0 spiro atoms. The highest BCUT2D eigenvalue weighted by Crippen LogP contribution is 2.29. The lowest BCUT2D eigenvalue weighted by molar-refractivity contribution is -0.422. The predicted molar refractivity (Wildman–Crippen MR) is 45.5 cm³/mol. The zero-order valence-corrected chi connectivity index (χ0v) is 7.04. The summed E-state index contributed by atoms with van der Waals surface area (Å²) in [6.45, 7) is 0. The van der Waals surface area contributed by atoms with E-state index < -0.39 is 32.8 Å². The Morgan fingerprint density at radius 3 is 2.33 bits per heavy atom. The maximum Gasteiger partial charge on any atom is 0.361 e. The third kappa shape index (κ3) is 1.88. The molecule has 0 heterocycles. The van der Waals surface area contributed by atoms with Crippen LogP contribution in [0.1, 0.15) is 10.4 Å². The minimum atomic E-state index is -1.60. The third-order valence-corrected chi connectivity index (χ3v) is 1.55. The second kappa shape index (κ2) is 3.70. The van der Waals surface area contributed by atoms with Crippen molar-refractivity contribution in [3.05, 3.63) is 44.0 Å². The molecule has 0 fully saturated rings. The summed E-state index contributed by atoms with van der Waals surface area (Å²) in [5.41, 5.74) is -2.75. The van der Waals surface area contributed by atoms with Crippen molar-refractivity contribution in [1.82, 2.24) is 0 Å². The van der Waals surface area contributed by atoms with Crippen molar-refractivity contribution in [3.63, 3.8) is 0 Å². The van der Waals surface area contributed by atoms with Gasteiger partial charge in [-0.15, -0.1) is 0 Å². The van der Waals surface area contributed by atoms with Gasteiger partial charge < -0.3 is 5.11 Å². The van der Waals surface area contributed by atoms with Crippen molar-refractivity contribution in [2.75, 3.05) is 0 Å². The van der Waals surface area contributed by atoms with Crippen LogP contribution in [-0.4, -0.2) is 20.9 Å². The highest BCUT2D eigenvalue weighted by atomic mass is 16.6. The Balaban J connectivity index is 3.56. The Labute approximate surface area is 82.1 Å². The lowest BCUT2D eigenvalue weighted by Crippen LogP contribution is -2.05. The fraction of sp³-hybridized carbons (Fsp3) is 0. The average Bonchev–Trinajstić information content (AvgIpc) is 2.16. The quantitative estimate of drug-likeness (QED) is 0.587. The van der Waals surface area contributed by atoms with Gasteiger partial charge in [0.2, 0.25) is 0 Å². The van der Waals surface area contributed by atoms with Crippen LogP contribution in [0.5, 0.6) is 0 Å². The van der Waals surface area contributed by atoms with Crippen LogP contribution in [0.25, 0.3) is 0 Å². The maximum atomic E-state index is 10.6. The number of hydrogen-bond donors (Lipinski definition) is 1. The zero-order valence-electron chi connectivity index (χ0n) is 7.04. The average molecular weight is 211 g/mol. The summed E-state index contributed by atoms with van der Waals surface area (Å²) in [5, 5.41) is 29.4. The molecule has 15 heavy (non-hydrogen) atoms. The minimum Gasteiger partial charge on any atom is -0.477 e. The molecule has 8 heteroatoms. The van der Waals surface area contributed by atoms with E-state index in [0.29, 0.717) is 0 Å². The van der Waals surface area contributed by atoms with Crippen LogP contribution in [-0.2, 0) is 0 Å². The van der Waals surface area contributed by atoms with Gasteiger partial charge in [0.25, 0.3) is 0 Å². The molecule has 8 nitrogen and oxygen atoms in total. The van der Waals surface area contributed by atoms with Crippen molar-refractivity contribution in [3.8, 4) is 0 Å². The van der Waals surface area contributed by atoms with Gasteiger partial charge in [0, 0.05) is 0 Å². The fourth-order valence-corrected chi connectivity index (χ4v) is 0.975. The van der Waals surface area contributed by atoms with Crippen LogP contribution in [0.3, 0.4) is 0 Å². The highest BCUT2D eigenvalue weighted by molar-refractivity contribution is 5.94. The van der Waals surface area contributed by atoms with E-state index in [4.69, 9.17) is 5.11 Å². The van der Waals surface area contributed by atoms with Crippen LogP contribution in [0.15, 0.2) is 12.1 Å². The zero-order chi connectivity index (χ0) is 11.6. The molecule has 1 aromatic carbocycles. The predicted octanol–water partition coefficient (Wildman–Crippen LogP) is 1.00. The van der Waals surface area contributed by atoms with Crippen molar-refractivity contribution in [2.24, 2.45) is 0 Å². The number of nitro benzene ring substituents is 2. The number of carboxylic acids is 1. The van der Waals surface area contributed by atoms with Gasteiger partial charge in [-0.1, -0.05) is 0 Å². The number of nitrogens with zero attached hydrogens (tertiary/aromatic N) is 2. The minimum absolute atomic E-state index is 0.731. The molecule has 0 aromatic heterocycles. The van der Waals surface area contributed by atoms with Gasteiger partial charge in [0.1, 0.15) is 5.56 Å².